The van der Waals surface area contributed by atoms with E-state index in [0.29, 0.717) is 21.2 Å². The number of aryl methyl sites for hydroxylation is 2. The summed E-state index contributed by atoms with van der Waals surface area (Å²) < 4.78 is 77.6. The summed E-state index contributed by atoms with van der Waals surface area (Å²) in [5, 5.41) is 18.2. The van der Waals surface area contributed by atoms with Crippen molar-refractivity contribution in [3.63, 3.8) is 0 Å². The topological polar surface area (TPSA) is 294 Å². The van der Waals surface area contributed by atoms with Gasteiger partial charge in [-0.2, -0.15) is 4.31 Å². The van der Waals surface area contributed by atoms with Crippen LogP contribution in [0, 0.1) is 19.8 Å². The van der Waals surface area contributed by atoms with Crippen LogP contribution in [0.15, 0.2) is 137 Å². The number of piperazine rings is 1. The summed E-state index contributed by atoms with van der Waals surface area (Å²) in [4.78, 5) is 92.5. The van der Waals surface area contributed by atoms with Crippen molar-refractivity contribution in [2.45, 2.75) is 100 Å². The minimum Gasteiger partial charge on any atom is -0.480 e. The van der Waals surface area contributed by atoms with Crippen LogP contribution in [0.5, 0.6) is 11.5 Å². The van der Waals surface area contributed by atoms with E-state index >= 15 is 0 Å². The fraction of sp³-hybridized carbons (Fsp3) is 0.393. The quantitative estimate of drug-likeness (QED) is 0.0555. The van der Waals surface area contributed by atoms with Crippen molar-refractivity contribution < 1.29 is 74.5 Å². The molecule has 2 fully saturated rings. The Balaban J connectivity index is 0.000000290. The third kappa shape index (κ3) is 19.4. The number of esters is 2. The van der Waals surface area contributed by atoms with Gasteiger partial charge in [0, 0.05) is 53.6 Å². The summed E-state index contributed by atoms with van der Waals surface area (Å²) in [6.45, 7) is 9.73. The molecular formula is C61H75N7O16S2. The Morgan fingerprint density at radius 3 is 1.76 bits per heavy atom. The maximum atomic E-state index is 14.5. The molecule has 1 unspecified atom stereocenters. The highest BCUT2D eigenvalue weighted by Gasteiger charge is 2.45. The molecular weight excluding hydrogens is 1150 g/mol. The van der Waals surface area contributed by atoms with Gasteiger partial charge in [-0.05, 0) is 126 Å². The molecule has 2 aliphatic heterocycles. The Morgan fingerprint density at radius 1 is 0.686 bits per heavy atom. The highest BCUT2D eigenvalue weighted by molar-refractivity contribution is 7.89. The highest BCUT2D eigenvalue weighted by Crippen LogP contribution is 2.27. The molecule has 2 saturated heterocycles. The first-order chi connectivity index (χ1) is 40.6. The summed E-state index contributed by atoms with van der Waals surface area (Å²) in [6, 6.07) is 29.7. The van der Waals surface area contributed by atoms with Crippen LogP contribution < -0.4 is 25.4 Å². The van der Waals surface area contributed by atoms with Crippen molar-refractivity contribution >= 4 is 62.0 Å². The second-order valence-corrected chi connectivity index (χ2v) is 25.8. The Morgan fingerprint density at radius 2 is 1.22 bits per heavy atom. The van der Waals surface area contributed by atoms with Crippen molar-refractivity contribution in [1.82, 2.24) is 34.4 Å². The van der Waals surface area contributed by atoms with Crippen molar-refractivity contribution in [2.24, 2.45) is 5.92 Å². The van der Waals surface area contributed by atoms with Gasteiger partial charge in [0.15, 0.2) is 0 Å². The molecule has 0 bridgehead atoms. The average molecular weight is 1230 g/mol. The standard InChI is InChI=1S/C36H44N4O9S.C25H31N3O7S/c1-25-12-18-29(19-13-25)50(45,46)40(32(41)30-23-39(21-20-37-30)35(44)47-24-27-10-8-7-9-11-27)31(33(42)49-36(2,3)4)22-26-14-16-28(17-15-26)48-34(43)38(5)6;1-17-3-9-21(10-4-17)36(33,34)28(2)16-23(29)27-22(24(30)31)15-18-5-7-20(8-6-18)35-25(32)19-11-13-26-14-12-19/h7-19,30-31,37H,20-24H2,1-6H3;3-10,19,22,26H,11-16H2,1-2H3,(H,27,29)(H,30,31)/t30?,31-;22-/m00/s1. The van der Waals surface area contributed by atoms with E-state index in [-0.39, 0.29) is 66.5 Å². The number of carbonyl (C=O) groups is 7. The lowest BCUT2D eigenvalue weighted by Gasteiger charge is -2.37. The zero-order valence-electron chi connectivity index (χ0n) is 49.4. The summed E-state index contributed by atoms with van der Waals surface area (Å²) in [7, 11) is -4.24. The van der Waals surface area contributed by atoms with Crippen LogP contribution in [-0.2, 0) is 72.9 Å². The Hall–Kier alpha value is -8.23. The number of carbonyl (C=O) groups excluding carboxylic acids is 6. The third-order valence-electron chi connectivity index (χ3n) is 13.6. The molecule has 3 atom stereocenters. The van der Waals surface area contributed by atoms with Gasteiger partial charge in [-0.1, -0.05) is 90.0 Å². The number of nitrogens with one attached hydrogen (secondary N) is 3. The van der Waals surface area contributed by atoms with E-state index in [0.717, 1.165) is 46.9 Å². The minimum absolute atomic E-state index is 0.0179. The number of aliphatic carboxylic acids is 1. The first-order valence-electron chi connectivity index (χ1n) is 27.7. The molecule has 4 N–H and O–H groups in total. The molecule has 462 valence electrons. The molecule has 0 radical (unpaired) electrons. The lowest BCUT2D eigenvalue weighted by molar-refractivity contribution is -0.162. The van der Waals surface area contributed by atoms with Crippen molar-refractivity contribution in [3.05, 3.63) is 155 Å². The molecule has 5 aromatic carbocycles. The normalized spacial score (nSPS) is 15.4. The average Bonchev–Trinajstić information content (AvgIpc) is 1.28. The van der Waals surface area contributed by atoms with Crippen LogP contribution in [0.25, 0.3) is 0 Å². The summed E-state index contributed by atoms with van der Waals surface area (Å²) in [5.74, 6) is -3.73. The van der Waals surface area contributed by atoms with E-state index in [9.17, 15) is 55.5 Å². The van der Waals surface area contributed by atoms with Crippen LogP contribution in [-0.4, -0.2) is 166 Å². The van der Waals surface area contributed by atoms with Gasteiger partial charge >= 0.3 is 30.1 Å². The second kappa shape index (κ2) is 30.2. The number of carboxylic acids is 1. The van der Waals surface area contributed by atoms with Gasteiger partial charge in [-0.25, -0.2) is 40.3 Å². The van der Waals surface area contributed by atoms with Crippen molar-refractivity contribution in [2.75, 3.05) is 60.4 Å². The number of carboxylic acid groups (broad SMARTS) is 1. The molecule has 86 heavy (non-hydrogen) atoms. The molecule has 0 aromatic heterocycles. The predicted molar refractivity (Wildman–Crippen MR) is 317 cm³/mol. The number of hydrogen-bond donors (Lipinski definition) is 4. The molecule has 4 amide bonds. The van der Waals surface area contributed by atoms with Crippen LogP contribution in [0.2, 0.25) is 0 Å². The minimum atomic E-state index is -4.67. The Bertz CT molecular complexity index is 3380. The van der Waals surface area contributed by atoms with Gasteiger partial charge in [-0.3, -0.25) is 14.4 Å². The van der Waals surface area contributed by atoms with E-state index in [2.05, 4.69) is 16.0 Å². The number of likely N-dealkylation sites (N-methyl/N-ethyl adjacent to an activating group) is 1. The molecule has 25 heteroatoms. The highest BCUT2D eigenvalue weighted by atomic mass is 32.2. The van der Waals surface area contributed by atoms with E-state index in [1.807, 2.05) is 37.3 Å². The summed E-state index contributed by atoms with van der Waals surface area (Å²) in [5.41, 5.74) is 2.51. The first-order valence-corrected chi connectivity index (χ1v) is 30.6. The third-order valence-corrected chi connectivity index (χ3v) is 17.2. The largest absolute Gasteiger partial charge is 0.480 e. The number of nitrogens with zero attached hydrogens (tertiary/aromatic N) is 4. The molecule has 23 nitrogen and oxygen atoms in total. The molecule has 7 rings (SSSR count). The SMILES string of the molecule is Cc1ccc(S(=O)(=O)N(C(=O)C2CN(C(=O)OCc3ccccc3)CCN2)[C@@H](Cc2ccc(OC(=O)N(C)C)cc2)C(=O)OC(C)(C)C)cc1.Cc1ccc(S(=O)(=O)N(C)CC(=O)N[C@@H](Cc2ccc(OC(=O)C3CCNCC3)cc2)C(=O)O)cc1. The predicted octanol–water partition coefficient (Wildman–Crippen LogP) is 5.47. The van der Waals surface area contributed by atoms with Gasteiger partial charge in [0.1, 0.15) is 41.8 Å². The van der Waals surface area contributed by atoms with Gasteiger partial charge in [0.2, 0.25) is 15.9 Å². The zero-order valence-corrected chi connectivity index (χ0v) is 51.0. The number of piperidine rings is 1. The molecule has 5 aromatic rings. The Labute approximate surface area is 502 Å². The maximum absolute atomic E-state index is 14.5. The van der Waals surface area contributed by atoms with E-state index in [1.54, 1.807) is 88.4 Å². The summed E-state index contributed by atoms with van der Waals surface area (Å²) >= 11 is 0. The maximum Gasteiger partial charge on any atom is 0.414 e. The van der Waals surface area contributed by atoms with Crippen molar-refractivity contribution in [3.8, 4) is 11.5 Å². The number of rotatable bonds is 20. The van der Waals surface area contributed by atoms with Gasteiger partial charge in [-0.15, -0.1) is 0 Å². The van der Waals surface area contributed by atoms with Crippen molar-refractivity contribution in [1.29, 1.82) is 0 Å². The fourth-order valence-electron chi connectivity index (χ4n) is 8.85. The van der Waals surface area contributed by atoms with Crippen LogP contribution in [0.4, 0.5) is 9.59 Å². The molecule has 0 spiro atoms. The first kappa shape index (κ1) is 66.9. The number of sulfonamides is 2. The Kier molecular flexibility index (Phi) is 23.5. The monoisotopic (exact) mass is 1230 g/mol. The second-order valence-electron chi connectivity index (χ2n) is 21.9. The van der Waals surface area contributed by atoms with Crippen LogP contribution >= 0.6 is 0 Å². The number of amides is 4. The lowest BCUT2D eigenvalue weighted by atomic mass is 9.98. The van der Waals surface area contributed by atoms with Gasteiger partial charge in [0.25, 0.3) is 15.9 Å². The lowest BCUT2D eigenvalue weighted by Crippen LogP contribution is -2.62. The summed E-state index contributed by atoms with van der Waals surface area (Å²) in [6.07, 6.45) is -0.110. The smallest absolute Gasteiger partial charge is 0.414 e. The number of benzene rings is 5. The van der Waals surface area contributed by atoms with E-state index in [1.165, 1.54) is 67.3 Å². The van der Waals surface area contributed by atoms with Gasteiger partial charge in [0.05, 0.1) is 22.3 Å². The molecule has 2 heterocycles. The molecule has 0 aliphatic carbocycles. The van der Waals surface area contributed by atoms with Gasteiger partial charge < -0.3 is 49.8 Å². The molecule has 2 aliphatic rings. The zero-order chi connectivity index (χ0) is 62.9. The van der Waals surface area contributed by atoms with Crippen LogP contribution in [0.3, 0.4) is 0 Å². The fourth-order valence-corrected chi connectivity index (χ4v) is 11.5. The number of ether oxygens (including phenoxy) is 4. The van der Waals surface area contributed by atoms with E-state index < -0.39 is 86.3 Å². The molecule has 0 saturated carbocycles. The number of hydrogen-bond acceptors (Lipinski definition) is 17. The van der Waals surface area contributed by atoms with E-state index in [4.69, 9.17) is 18.9 Å². The van der Waals surface area contributed by atoms with Crippen LogP contribution in [0.1, 0.15) is 61.4 Å².